The second-order valence-electron chi connectivity index (χ2n) is 6.67. The number of nitrogens with zero attached hydrogens (tertiary/aromatic N) is 2. The quantitative estimate of drug-likeness (QED) is 0.762. The third-order valence-electron chi connectivity index (χ3n) is 4.25. The minimum Gasteiger partial charge on any atom is -0.378 e. The summed E-state index contributed by atoms with van der Waals surface area (Å²) in [5.41, 5.74) is 0.642. The lowest BCUT2D eigenvalue weighted by Crippen LogP contribution is -2.41. The van der Waals surface area contributed by atoms with E-state index < -0.39 is 10.0 Å². The van der Waals surface area contributed by atoms with Crippen LogP contribution >= 0.6 is 11.3 Å². The number of sulfonamides is 1. The van der Waals surface area contributed by atoms with E-state index >= 15 is 0 Å². The zero-order chi connectivity index (χ0) is 19.6. The Morgan fingerprint density at radius 3 is 2.67 bits per heavy atom. The molecule has 0 bridgehead atoms. The van der Waals surface area contributed by atoms with Crippen LogP contribution in [0.5, 0.6) is 0 Å². The number of benzene rings is 1. The van der Waals surface area contributed by atoms with Crippen molar-refractivity contribution in [2.75, 3.05) is 26.3 Å². The van der Waals surface area contributed by atoms with E-state index in [0.29, 0.717) is 36.5 Å². The maximum absolute atomic E-state index is 12.3. The van der Waals surface area contributed by atoms with Crippen LogP contribution in [0.15, 0.2) is 27.9 Å². The first-order valence-electron chi connectivity index (χ1n) is 8.79. The standard InChI is InChI=1S/C17H23N3O5S2/c1-12(2)18-27(23,24)13-3-4-14-15(11-13)26-17(22)20(14)6-5-16(21)19-7-9-25-10-8-19/h3-4,11-12,18H,5-10H2,1-2H3. The summed E-state index contributed by atoms with van der Waals surface area (Å²) in [5, 5.41) is 0. The van der Waals surface area contributed by atoms with E-state index in [0.717, 1.165) is 11.3 Å². The van der Waals surface area contributed by atoms with Crippen LogP contribution < -0.4 is 9.60 Å². The lowest BCUT2D eigenvalue weighted by molar-refractivity contribution is -0.135. The van der Waals surface area contributed by atoms with Crippen molar-refractivity contribution in [1.82, 2.24) is 14.2 Å². The van der Waals surface area contributed by atoms with Gasteiger partial charge in [-0.2, -0.15) is 0 Å². The number of fused-ring (bicyclic) bond motifs is 1. The van der Waals surface area contributed by atoms with Crippen LogP contribution in [0.3, 0.4) is 0 Å². The van der Waals surface area contributed by atoms with Gasteiger partial charge in [0.05, 0.1) is 28.3 Å². The average Bonchev–Trinajstić information content (AvgIpc) is 2.93. The molecule has 0 saturated carbocycles. The molecule has 10 heteroatoms. The van der Waals surface area contributed by atoms with Crippen molar-refractivity contribution in [2.45, 2.75) is 37.8 Å². The van der Waals surface area contributed by atoms with E-state index in [4.69, 9.17) is 4.74 Å². The Bertz CT molecular complexity index is 988. The first kappa shape index (κ1) is 20.0. The summed E-state index contributed by atoms with van der Waals surface area (Å²) in [6.45, 7) is 5.98. The van der Waals surface area contributed by atoms with Crippen LogP contribution in [0, 0.1) is 0 Å². The number of morpholine rings is 1. The van der Waals surface area contributed by atoms with Gasteiger partial charge in [-0.25, -0.2) is 13.1 Å². The van der Waals surface area contributed by atoms with Crippen LogP contribution in [0.25, 0.3) is 10.2 Å². The highest BCUT2D eigenvalue weighted by atomic mass is 32.2. The second-order valence-corrected chi connectivity index (χ2v) is 9.38. The summed E-state index contributed by atoms with van der Waals surface area (Å²) >= 11 is 0.985. The van der Waals surface area contributed by atoms with E-state index in [1.165, 1.54) is 16.7 Å². The highest BCUT2D eigenvalue weighted by molar-refractivity contribution is 7.89. The lowest BCUT2D eigenvalue weighted by atomic mass is 10.3. The fourth-order valence-corrected chi connectivity index (χ4v) is 5.29. The molecule has 1 amide bonds. The third-order valence-corrected chi connectivity index (χ3v) is 6.85. The van der Waals surface area contributed by atoms with Gasteiger partial charge < -0.3 is 9.64 Å². The Kier molecular flexibility index (Phi) is 5.99. The number of rotatable bonds is 6. The molecule has 8 nitrogen and oxygen atoms in total. The van der Waals surface area contributed by atoms with Crippen LogP contribution in [0.2, 0.25) is 0 Å². The molecule has 1 aliphatic heterocycles. The summed E-state index contributed by atoms with van der Waals surface area (Å²) in [4.78, 5) is 26.3. The Hall–Kier alpha value is -1.75. The molecule has 3 rings (SSSR count). The van der Waals surface area contributed by atoms with Gasteiger partial charge in [0.15, 0.2) is 0 Å². The zero-order valence-corrected chi connectivity index (χ0v) is 16.9. The maximum Gasteiger partial charge on any atom is 0.308 e. The van der Waals surface area contributed by atoms with E-state index in [1.807, 2.05) is 0 Å². The summed E-state index contributed by atoms with van der Waals surface area (Å²) in [7, 11) is -3.62. The lowest BCUT2D eigenvalue weighted by Gasteiger charge is -2.26. The number of ether oxygens (including phenoxy) is 1. The van der Waals surface area contributed by atoms with Crippen LogP contribution in [0.4, 0.5) is 0 Å². The van der Waals surface area contributed by atoms with E-state index in [2.05, 4.69) is 4.72 Å². The highest BCUT2D eigenvalue weighted by Crippen LogP contribution is 2.22. The van der Waals surface area contributed by atoms with Gasteiger partial charge in [-0.05, 0) is 32.0 Å². The molecule has 148 valence electrons. The van der Waals surface area contributed by atoms with Gasteiger partial charge in [-0.15, -0.1) is 0 Å². The van der Waals surface area contributed by atoms with Crippen molar-refractivity contribution in [3.63, 3.8) is 0 Å². The zero-order valence-electron chi connectivity index (χ0n) is 15.3. The van der Waals surface area contributed by atoms with Gasteiger partial charge in [0.25, 0.3) is 0 Å². The molecule has 0 radical (unpaired) electrons. The number of thiazole rings is 1. The second kappa shape index (κ2) is 8.09. The number of aryl methyl sites for hydroxylation is 1. The smallest absolute Gasteiger partial charge is 0.308 e. The van der Waals surface area contributed by atoms with Crippen molar-refractivity contribution in [2.24, 2.45) is 0 Å². The first-order chi connectivity index (χ1) is 12.8. The molecule has 1 aliphatic rings. The Balaban J connectivity index is 1.80. The topological polar surface area (TPSA) is 97.7 Å². The molecule has 2 aromatic rings. The van der Waals surface area contributed by atoms with Crippen LogP contribution in [-0.4, -0.2) is 56.1 Å². The van der Waals surface area contributed by atoms with E-state index in [9.17, 15) is 18.0 Å². The molecule has 1 aromatic carbocycles. The summed E-state index contributed by atoms with van der Waals surface area (Å²) < 4.78 is 34.5. The molecule has 0 atom stereocenters. The molecular formula is C17H23N3O5S2. The summed E-state index contributed by atoms with van der Waals surface area (Å²) in [6, 6.07) is 4.40. The molecular weight excluding hydrogens is 390 g/mol. The molecule has 1 fully saturated rings. The Labute approximate surface area is 161 Å². The van der Waals surface area contributed by atoms with Gasteiger partial charge in [0, 0.05) is 32.1 Å². The van der Waals surface area contributed by atoms with Gasteiger partial charge in [0.2, 0.25) is 15.9 Å². The minimum absolute atomic E-state index is 0.00937. The Morgan fingerprint density at radius 2 is 2.00 bits per heavy atom. The van der Waals surface area contributed by atoms with Gasteiger partial charge in [0.1, 0.15) is 0 Å². The van der Waals surface area contributed by atoms with Gasteiger partial charge in [-0.3, -0.25) is 14.2 Å². The third kappa shape index (κ3) is 4.57. The molecule has 0 unspecified atom stereocenters. The van der Waals surface area contributed by atoms with Crippen LogP contribution in [-0.2, 0) is 26.1 Å². The molecule has 1 aromatic heterocycles. The predicted octanol–water partition coefficient (Wildman–Crippen LogP) is 0.999. The molecule has 2 heterocycles. The van der Waals surface area contributed by atoms with Crippen molar-refractivity contribution in [3.8, 4) is 0 Å². The Morgan fingerprint density at radius 1 is 1.30 bits per heavy atom. The first-order valence-corrected chi connectivity index (χ1v) is 11.1. The molecule has 0 spiro atoms. The number of carbonyl (C=O) groups is 1. The minimum atomic E-state index is -3.62. The maximum atomic E-state index is 12.3. The number of nitrogens with one attached hydrogen (secondary N) is 1. The summed E-state index contributed by atoms with van der Waals surface area (Å²) in [5.74, 6) is -0.00937. The van der Waals surface area contributed by atoms with Crippen molar-refractivity contribution in [1.29, 1.82) is 0 Å². The van der Waals surface area contributed by atoms with Crippen molar-refractivity contribution >= 4 is 37.5 Å². The number of hydrogen-bond donors (Lipinski definition) is 1. The largest absolute Gasteiger partial charge is 0.378 e. The fraction of sp³-hybridized carbons (Fsp3) is 0.529. The number of amides is 1. The average molecular weight is 414 g/mol. The number of hydrogen-bond acceptors (Lipinski definition) is 6. The van der Waals surface area contributed by atoms with Gasteiger partial charge in [-0.1, -0.05) is 11.3 Å². The SMILES string of the molecule is CC(C)NS(=O)(=O)c1ccc2c(c1)sc(=O)n2CCC(=O)N1CCOCC1. The monoisotopic (exact) mass is 413 g/mol. The predicted molar refractivity (Wildman–Crippen MR) is 104 cm³/mol. The highest BCUT2D eigenvalue weighted by Gasteiger charge is 2.20. The van der Waals surface area contributed by atoms with E-state index in [-0.39, 0.29) is 34.7 Å². The molecule has 27 heavy (non-hydrogen) atoms. The number of carbonyl (C=O) groups excluding carboxylic acids is 1. The molecule has 1 saturated heterocycles. The molecule has 0 aliphatic carbocycles. The summed E-state index contributed by atoms with van der Waals surface area (Å²) in [6.07, 6.45) is 0.223. The fourth-order valence-electron chi connectivity index (χ4n) is 2.98. The van der Waals surface area contributed by atoms with Crippen LogP contribution in [0.1, 0.15) is 20.3 Å². The van der Waals surface area contributed by atoms with Crippen molar-refractivity contribution in [3.05, 3.63) is 27.9 Å². The number of aromatic nitrogens is 1. The van der Waals surface area contributed by atoms with E-state index in [1.54, 1.807) is 24.8 Å². The molecule has 1 N–H and O–H groups in total. The van der Waals surface area contributed by atoms with Crippen molar-refractivity contribution < 1.29 is 17.9 Å². The normalized spacial score (nSPS) is 15.6. The van der Waals surface area contributed by atoms with Gasteiger partial charge >= 0.3 is 4.87 Å².